The molecule has 0 atom stereocenters. The number of rotatable bonds is 8. The van der Waals surface area contributed by atoms with Crippen LogP contribution >= 0.6 is 0 Å². The second-order valence-electron chi connectivity index (χ2n) is 4.89. The molecule has 4 nitrogen and oxygen atoms in total. The fraction of sp³-hybridized carbons (Fsp3) is 0.533. The van der Waals surface area contributed by atoms with Gasteiger partial charge >= 0.3 is 5.97 Å². The van der Waals surface area contributed by atoms with Crippen molar-refractivity contribution in [2.45, 2.75) is 39.0 Å². The lowest BCUT2D eigenvalue weighted by atomic mass is 10.0. The highest BCUT2D eigenvalue weighted by atomic mass is 16.5. The molecule has 0 spiro atoms. The number of benzene rings is 1. The molecule has 106 valence electrons. The molecule has 1 rings (SSSR count). The Kier molecular flexibility index (Phi) is 6.19. The summed E-state index contributed by atoms with van der Waals surface area (Å²) in [5.41, 5.74) is 2.23. The molecule has 0 aliphatic heterocycles. The molecule has 0 fully saturated rings. The maximum atomic E-state index is 10.4. The summed E-state index contributed by atoms with van der Waals surface area (Å²) >= 11 is 0. The van der Waals surface area contributed by atoms with Crippen LogP contribution in [0.2, 0.25) is 0 Å². The number of hydrogen-bond donors (Lipinski definition) is 2. The number of carboxylic acid groups (broad SMARTS) is 1. The molecular formula is C15H23NO3. The molecule has 0 radical (unpaired) electrons. The lowest BCUT2D eigenvalue weighted by Crippen LogP contribution is -2.05. The minimum atomic E-state index is -0.737. The van der Waals surface area contributed by atoms with Crippen LogP contribution in [-0.2, 0) is 4.79 Å². The number of anilines is 1. The molecule has 0 saturated carbocycles. The largest absolute Gasteiger partial charge is 0.495 e. The summed E-state index contributed by atoms with van der Waals surface area (Å²) in [6.45, 7) is 5.06. The van der Waals surface area contributed by atoms with Gasteiger partial charge in [-0.3, -0.25) is 4.79 Å². The second kappa shape index (κ2) is 7.67. The van der Waals surface area contributed by atoms with Crippen LogP contribution in [-0.4, -0.2) is 24.7 Å². The minimum absolute atomic E-state index is 0.227. The lowest BCUT2D eigenvalue weighted by Gasteiger charge is -2.14. The van der Waals surface area contributed by atoms with E-state index in [4.69, 9.17) is 9.84 Å². The average Bonchev–Trinajstić information content (AvgIpc) is 2.37. The molecule has 0 amide bonds. The Labute approximate surface area is 114 Å². The zero-order valence-corrected chi connectivity index (χ0v) is 11.9. The van der Waals surface area contributed by atoms with Crippen molar-refractivity contribution in [1.82, 2.24) is 0 Å². The van der Waals surface area contributed by atoms with Crippen LogP contribution in [0.5, 0.6) is 5.75 Å². The van der Waals surface area contributed by atoms with Crippen molar-refractivity contribution in [3.63, 3.8) is 0 Å². The van der Waals surface area contributed by atoms with E-state index in [1.807, 2.05) is 6.07 Å². The molecule has 1 aromatic carbocycles. The van der Waals surface area contributed by atoms with Crippen LogP contribution in [0.1, 0.15) is 44.6 Å². The maximum Gasteiger partial charge on any atom is 0.303 e. The van der Waals surface area contributed by atoms with Gasteiger partial charge in [0.2, 0.25) is 0 Å². The Bertz CT molecular complexity index is 416. The average molecular weight is 265 g/mol. The van der Waals surface area contributed by atoms with Gasteiger partial charge in [-0.2, -0.15) is 0 Å². The predicted molar refractivity (Wildman–Crippen MR) is 77.1 cm³/mol. The summed E-state index contributed by atoms with van der Waals surface area (Å²) in [6.07, 6.45) is 1.75. The fourth-order valence-corrected chi connectivity index (χ4v) is 1.85. The Morgan fingerprint density at radius 3 is 2.68 bits per heavy atom. The van der Waals surface area contributed by atoms with Gasteiger partial charge in [-0.15, -0.1) is 0 Å². The first-order valence-corrected chi connectivity index (χ1v) is 6.68. The van der Waals surface area contributed by atoms with Gasteiger partial charge in [0.05, 0.1) is 12.8 Å². The van der Waals surface area contributed by atoms with E-state index in [1.54, 1.807) is 7.11 Å². The number of ether oxygens (including phenoxy) is 1. The van der Waals surface area contributed by atoms with Crippen LogP contribution in [0.4, 0.5) is 5.69 Å². The van der Waals surface area contributed by atoms with Gasteiger partial charge in [0.25, 0.3) is 0 Å². The van der Waals surface area contributed by atoms with E-state index in [1.165, 1.54) is 5.56 Å². The van der Waals surface area contributed by atoms with Crippen molar-refractivity contribution in [2.24, 2.45) is 0 Å². The SMILES string of the molecule is COc1ccc(C(C)C)cc1NCCCCC(=O)O. The molecule has 4 heteroatoms. The number of carbonyl (C=O) groups is 1. The molecule has 0 bridgehead atoms. The highest BCUT2D eigenvalue weighted by Gasteiger charge is 2.06. The van der Waals surface area contributed by atoms with E-state index >= 15 is 0 Å². The van der Waals surface area contributed by atoms with Gasteiger partial charge in [-0.05, 0) is 36.5 Å². The van der Waals surface area contributed by atoms with Crippen LogP contribution < -0.4 is 10.1 Å². The first-order chi connectivity index (χ1) is 9.04. The van der Waals surface area contributed by atoms with Crippen molar-refractivity contribution in [3.05, 3.63) is 23.8 Å². The van der Waals surface area contributed by atoms with Crippen molar-refractivity contribution in [2.75, 3.05) is 19.0 Å². The number of unbranched alkanes of at least 4 members (excludes halogenated alkanes) is 1. The second-order valence-corrected chi connectivity index (χ2v) is 4.89. The van der Waals surface area contributed by atoms with E-state index in [0.717, 1.165) is 24.4 Å². The van der Waals surface area contributed by atoms with Gasteiger partial charge in [-0.1, -0.05) is 19.9 Å². The van der Waals surface area contributed by atoms with E-state index < -0.39 is 5.97 Å². The molecule has 0 saturated heterocycles. The Morgan fingerprint density at radius 1 is 1.37 bits per heavy atom. The normalized spacial score (nSPS) is 10.5. The van der Waals surface area contributed by atoms with Crippen LogP contribution in [0, 0.1) is 0 Å². The van der Waals surface area contributed by atoms with Gasteiger partial charge in [0, 0.05) is 13.0 Å². The van der Waals surface area contributed by atoms with Crippen LogP contribution in [0.3, 0.4) is 0 Å². The van der Waals surface area contributed by atoms with Crippen LogP contribution in [0.15, 0.2) is 18.2 Å². The van der Waals surface area contributed by atoms with E-state index in [2.05, 4.69) is 31.3 Å². The molecule has 1 aromatic rings. The zero-order chi connectivity index (χ0) is 14.3. The smallest absolute Gasteiger partial charge is 0.303 e. The summed E-state index contributed by atoms with van der Waals surface area (Å²) in [5, 5.41) is 11.9. The van der Waals surface area contributed by atoms with Gasteiger partial charge < -0.3 is 15.2 Å². The third-order valence-electron chi connectivity index (χ3n) is 3.02. The first kappa shape index (κ1) is 15.3. The van der Waals surface area contributed by atoms with Gasteiger partial charge in [0.15, 0.2) is 0 Å². The molecule has 0 unspecified atom stereocenters. The Hall–Kier alpha value is -1.71. The molecule has 0 aliphatic rings. The van der Waals surface area contributed by atoms with Crippen molar-refractivity contribution in [3.8, 4) is 5.75 Å². The maximum absolute atomic E-state index is 10.4. The van der Waals surface area contributed by atoms with E-state index in [0.29, 0.717) is 12.3 Å². The minimum Gasteiger partial charge on any atom is -0.495 e. The number of hydrogen-bond acceptors (Lipinski definition) is 3. The molecule has 0 aromatic heterocycles. The summed E-state index contributed by atoms with van der Waals surface area (Å²) < 4.78 is 5.32. The summed E-state index contributed by atoms with van der Waals surface area (Å²) in [6, 6.07) is 6.13. The standard InChI is InChI=1S/C15H23NO3/c1-11(2)12-7-8-14(19-3)13(10-12)16-9-5-4-6-15(17)18/h7-8,10-11,16H,4-6,9H2,1-3H3,(H,17,18). The molecule has 0 heterocycles. The molecular weight excluding hydrogens is 242 g/mol. The summed E-state index contributed by atoms with van der Waals surface area (Å²) in [7, 11) is 1.65. The van der Waals surface area contributed by atoms with Crippen LogP contribution in [0.25, 0.3) is 0 Å². The molecule has 2 N–H and O–H groups in total. The van der Waals surface area contributed by atoms with E-state index in [-0.39, 0.29) is 6.42 Å². The molecule has 0 aliphatic carbocycles. The Morgan fingerprint density at radius 2 is 2.11 bits per heavy atom. The van der Waals surface area contributed by atoms with Gasteiger partial charge in [0.1, 0.15) is 5.75 Å². The summed E-state index contributed by atoms with van der Waals surface area (Å²) in [5.74, 6) is 0.556. The third-order valence-corrected chi connectivity index (χ3v) is 3.02. The third kappa shape index (κ3) is 5.20. The monoisotopic (exact) mass is 265 g/mol. The van der Waals surface area contributed by atoms with Gasteiger partial charge in [-0.25, -0.2) is 0 Å². The lowest BCUT2D eigenvalue weighted by molar-refractivity contribution is -0.137. The number of carboxylic acids is 1. The van der Waals surface area contributed by atoms with Crippen molar-refractivity contribution < 1.29 is 14.6 Å². The fourth-order valence-electron chi connectivity index (χ4n) is 1.85. The van der Waals surface area contributed by atoms with Crippen molar-refractivity contribution >= 4 is 11.7 Å². The first-order valence-electron chi connectivity index (χ1n) is 6.68. The quantitative estimate of drug-likeness (QED) is 0.706. The zero-order valence-electron chi connectivity index (χ0n) is 11.9. The summed E-state index contributed by atoms with van der Waals surface area (Å²) in [4.78, 5) is 10.4. The van der Waals surface area contributed by atoms with Crippen molar-refractivity contribution in [1.29, 1.82) is 0 Å². The highest BCUT2D eigenvalue weighted by Crippen LogP contribution is 2.28. The number of aliphatic carboxylic acids is 1. The number of nitrogens with one attached hydrogen (secondary N) is 1. The van der Waals surface area contributed by atoms with E-state index in [9.17, 15) is 4.79 Å². The molecule has 19 heavy (non-hydrogen) atoms. The Balaban J connectivity index is 2.55. The topological polar surface area (TPSA) is 58.6 Å². The number of methoxy groups -OCH3 is 1. The highest BCUT2D eigenvalue weighted by molar-refractivity contribution is 5.66. The predicted octanol–water partition coefficient (Wildman–Crippen LogP) is 3.49.